The summed E-state index contributed by atoms with van der Waals surface area (Å²) in [6, 6.07) is 25.6. The van der Waals surface area contributed by atoms with Crippen molar-refractivity contribution in [2.45, 2.75) is 46.1 Å². The van der Waals surface area contributed by atoms with Crippen molar-refractivity contribution in [2.24, 2.45) is 11.8 Å². The second-order valence-electron chi connectivity index (χ2n) is 9.14. The maximum Gasteiger partial charge on any atom is 0.0901 e. The SMILES string of the molecule is CC(C)CC(O)(CC(C)C)c1ccc(-n2c3ccccc3c3ccccc32)cc1. The van der Waals surface area contributed by atoms with Crippen LogP contribution in [0.5, 0.6) is 0 Å². The summed E-state index contributed by atoms with van der Waals surface area (Å²) in [6.07, 6.45) is 1.56. The number of aromatic nitrogens is 1. The van der Waals surface area contributed by atoms with Gasteiger partial charge in [0.1, 0.15) is 0 Å². The molecule has 0 bridgehead atoms. The van der Waals surface area contributed by atoms with E-state index in [1.54, 1.807) is 0 Å². The van der Waals surface area contributed by atoms with Crippen molar-refractivity contribution in [2.75, 3.05) is 0 Å². The number of hydrogen-bond acceptors (Lipinski definition) is 1. The van der Waals surface area contributed by atoms with Crippen LogP contribution in [0.25, 0.3) is 27.5 Å². The average molecular weight is 386 g/mol. The minimum absolute atomic E-state index is 0.441. The zero-order valence-corrected chi connectivity index (χ0v) is 17.9. The molecule has 1 aromatic heterocycles. The molecule has 4 rings (SSSR count). The third-order valence-corrected chi connectivity index (χ3v) is 5.73. The first-order valence-electron chi connectivity index (χ1n) is 10.7. The quantitative estimate of drug-likeness (QED) is 0.377. The predicted molar refractivity (Wildman–Crippen MR) is 124 cm³/mol. The third kappa shape index (κ3) is 3.70. The molecule has 4 aromatic rings. The number of fused-ring (bicyclic) bond motifs is 3. The predicted octanol–water partition coefficient (Wildman–Crippen LogP) is 7.06. The van der Waals surface area contributed by atoms with Crippen molar-refractivity contribution in [3.63, 3.8) is 0 Å². The molecule has 1 heterocycles. The van der Waals surface area contributed by atoms with E-state index in [1.807, 2.05) is 0 Å². The monoisotopic (exact) mass is 385 g/mol. The van der Waals surface area contributed by atoms with Crippen LogP contribution in [-0.4, -0.2) is 9.67 Å². The van der Waals surface area contributed by atoms with Gasteiger partial charge in [0.15, 0.2) is 0 Å². The molecule has 3 aromatic carbocycles. The second-order valence-corrected chi connectivity index (χ2v) is 9.14. The van der Waals surface area contributed by atoms with Gasteiger partial charge >= 0.3 is 0 Å². The van der Waals surface area contributed by atoms with Gasteiger partial charge in [-0.2, -0.15) is 0 Å². The van der Waals surface area contributed by atoms with Crippen LogP contribution in [0.4, 0.5) is 0 Å². The molecule has 0 radical (unpaired) electrons. The third-order valence-electron chi connectivity index (χ3n) is 5.73. The van der Waals surface area contributed by atoms with Gasteiger partial charge in [-0.25, -0.2) is 0 Å². The lowest BCUT2D eigenvalue weighted by molar-refractivity contribution is -0.00449. The molecule has 0 saturated heterocycles. The number of rotatable bonds is 6. The minimum atomic E-state index is -0.776. The topological polar surface area (TPSA) is 25.2 Å². The van der Waals surface area contributed by atoms with E-state index in [0.29, 0.717) is 11.8 Å². The zero-order chi connectivity index (χ0) is 20.6. The van der Waals surface area contributed by atoms with Crippen LogP contribution < -0.4 is 0 Å². The van der Waals surface area contributed by atoms with Gasteiger partial charge in [-0.3, -0.25) is 0 Å². The first kappa shape index (κ1) is 19.7. The Bertz CT molecular complexity index is 1060. The van der Waals surface area contributed by atoms with Crippen LogP contribution in [-0.2, 0) is 5.60 Å². The molecule has 0 atom stereocenters. The Morgan fingerprint density at radius 2 is 1.14 bits per heavy atom. The van der Waals surface area contributed by atoms with Gasteiger partial charge in [-0.15, -0.1) is 0 Å². The zero-order valence-electron chi connectivity index (χ0n) is 17.9. The van der Waals surface area contributed by atoms with E-state index in [1.165, 1.54) is 21.8 Å². The smallest absolute Gasteiger partial charge is 0.0901 e. The largest absolute Gasteiger partial charge is 0.385 e. The van der Waals surface area contributed by atoms with Gasteiger partial charge in [-0.1, -0.05) is 76.2 Å². The first-order valence-corrected chi connectivity index (χ1v) is 10.7. The molecule has 0 unspecified atom stereocenters. The van der Waals surface area contributed by atoms with E-state index < -0.39 is 5.60 Å². The Morgan fingerprint density at radius 1 is 0.690 bits per heavy atom. The highest BCUT2D eigenvalue weighted by atomic mass is 16.3. The standard InChI is InChI=1S/C27H31NO/c1-19(2)17-27(29,18-20(3)4)21-13-15-22(16-14-21)28-25-11-7-5-9-23(25)24-10-6-8-12-26(24)28/h5-16,19-20,29H,17-18H2,1-4H3. The van der Waals surface area contributed by atoms with E-state index in [9.17, 15) is 5.11 Å². The summed E-state index contributed by atoms with van der Waals surface area (Å²) < 4.78 is 2.32. The summed E-state index contributed by atoms with van der Waals surface area (Å²) in [5.41, 5.74) is 3.79. The van der Waals surface area contributed by atoms with Gasteiger partial charge in [0.2, 0.25) is 0 Å². The highest BCUT2D eigenvalue weighted by molar-refractivity contribution is 6.09. The van der Waals surface area contributed by atoms with E-state index in [0.717, 1.165) is 24.1 Å². The summed E-state index contributed by atoms with van der Waals surface area (Å²) >= 11 is 0. The van der Waals surface area contributed by atoms with Crippen molar-refractivity contribution in [1.82, 2.24) is 4.57 Å². The Kier molecular flexibility index (Phi) is 5.23. The van der Waals surface area contributed by atoms with Crippen LogP contribution in [0.3, 0.4) is 0 Å². The van der Waals surface area contributed by atoms with Crippen LogP contribution in [0, 0.1) is 11.8 Å². The Hall–Kier alpha value is -2.58. The molecule has 2 nitrogen and oxygen atoms in total. The maximum absolute atomic E-state index is 11.5. The summed E-state index contributed by atoms with van der Waals surface area (Å²) in [4.78, 5) is 0. The molecule has 1 N–H and O–H groups in total. The fraction of sp³-hybridized carbons (Fsp3) is 0.333. The van der Waals surface area contributed by atoms with Gasteiger partial charge in [0.05, 0.1) is 16.6 Å². The first-order chi connectivity index (χ1) is 13.9. The molecule has 0 amide bonds. The maximum atomic E-state index is 11.5. The summed E-state index contributed by atoms with van der Waals surface area (Å²) in [7, 11) is 0. The van der Waals surface area contributed by atoms with Gasteiger partial charge in [-0.05, 0) is 54.5 Å². The molecule has 0 aliphatic heterocycles. The molecule has 0 aliphatic rings. The fourth-order valence-electron chi connectivity index (χ4n) is 4.79. The lowest BCUT2D eigenvalue weighted by atomic mass is 9.80. The van der Waals surface area contributed by atoms with Crippen LogP contribution in [0.15, 0.2) is 72.8 Å². The fourth-order valence-corrected chi connectivity index (χ4v) is 4.79. The summed E-state index contributed by atoms with van der Waals surface area (Å²) in [5.74, 6) is 0.881. The number of benzene rings is 3. The summed E-state index contributed by atoms with van der Waals surface area (Å²) in [5, 5.41) is 14.0. The molecule has 0 fully saturated rings. The van der Waals surface area contributed by atoms with Crippen LogP contribution in [0.1, 0.15) is 46.1 Å². The van der Waals surface area contributed by atoms with E-state index >= 15 is 0 Å². The molecular formula is C27H31NO. The van der Waals surface area contributed by atoms with Crippen molar-refractivity contribution in [3.8, 4) is 5.69 Å². The second kappa shape index (κ2) is 7.68. The minimum Gasteiger partial charge on any atom is -0.385 e. The van der Waals surface area contributed by atoms with Gasteiger partial charge < -0.3 is 9.67 Å². The highest BCUT2D eigenvalue weighted by Crippen LogP contribution is 2.36. The Balaban J connectivity index is 1.82. The molecule has 0 aliphatic carbocycles. The van der Waals surface area contributed by atoms with Crippen molar-refractivity contribution in [1.29, 1.82) is 0 Å². The van der Waals surface area contributed by atoms with Gasteiger partial charge in [0, 0.05) is 16.5 Å². The van der Waals surface area contributed by atoms with Crippen LogP contribution in [0.2, 0.25) is 0 Å². The Labute approximate surface area is 173 Å². The van der Waals surface area contributed by atoms with E-state index in [2.05, 4.69) is 105 Å². The molecule has 0 saturated carbocycles. The highest BCUT2D eigenvalue weighted by Gasteiger charge is 2.31. The number of hydrogen-bond donors (Lipinski definition) is 1. The Morgan fingerprint density at radius 3 is 1.59 bits per heavy atom. The van der Waals surface area contributed by atoms with E-state index in [-0.39, 0.29) is 0 Å². The lowest BCUT2D eigenvalue weighted by Crippen LogP contribution is -2.29. The lowest BCUT2D eigenvalue weighted by Gasteiger charge is -2.32. The van der Waals surface area contributed by atoms with Crippen molar-refractivity contribution < 1.29 is 5.11 Å². The number of para-hydroxylation sites is 2. The number of aliphatic hydroxyl groups is 1. The molecule has 150 valence electrons. The van der Waals surface area contributed by atoms with Gasteiger partial charge in [0.25, 0.3) is 0 Å². The summed E-state index contributed by atoms with van der Waals surface area (Å²) in [6.45, 7) is 8.71. The average Bonchev–Trinajstić information content (AvgIpc) is 3.01. The van der Waals surface area contributed by atoms with Crippen molar-refractivity contribution >= 4 is 21.8 Å². The molecular weight excluding hydrogens is 354 g/mol. The number of nitrogens with zero attached hydrogens (tertiary/aromatic N) is 1. The normalized spacial score (nSPS) is 12.5. The van der Waals surface area contributed by atoms with Crippen LogP contribution >= 0.6 is 0 Å². The van der Waals surface area contributed by atoms with Crippen molar-refractivity contribution in [3.05, 3.63) is 78.4 Å². The molecule has 0 spiro atoms. The molecule has 29 heavy (non-hydrogen) atoms. The van der Waals surface area contributed by atoms with E-state index in [4.69, 9.17) is 0 Å². The molecule has 2 heteroatoms.